The normalized spacial score (nSPS) is 9.12. The SMILES string of the molecule is CC.CC.CC(C)c1cccc2ncccc12. The average Bonchev–Trinajstić information content (AvgIpc) is 2.42. The lowest BCUT2D eigenvalue weighted by molar-refractivity contribution is 0.876. The van der Waals surface area contributed by atoms with Crippen molar-refractivity contribution in [1.29, 1.82) is 0 Å². The van der Waals surface area contributed by atoms with Crippen LogP contribution in [0.15, 0.2) is 36.5 Å². The minimum Gasteiger partial charge on any atom is -0.256 e. The zero-order valence-corrected chi connectivity index (χ0v) is 12.0. The molecule has 2 aromatic rings. The van der Waals surface area contributed by atoms with E-state index in [2.05, 4.69) is 43.1 Å². The van der Waals surface area contributed by atoms with Crippen LogP contribution in [0.4, 0.5) is 0 Å². The van der Waals surface area contributed by atoms with Gasteiger partial charge >= 0.3 is 0 Å². The molecule has 1 nitrogen and oxygen atoms in total. The van der Waals surface area contributed by atoms with E-state index in [0.717, 1.165) is 5.52 Å². The molecule has 1 aromatic carbocycles. The van der Waals surface area contributed by atoms with Gasteiger partial charge in [-0.3, -0.25) is 4.98 Å². The number of benzene rings is 1. The summed E-state index contributed by atoms with van der Waals surface area (Å²) in [4.78, 5) is 4.32. The maximum Gasteiger partial charge on any atom is 0.0704 e. The Morgan fingerprint density at radius 3 is 2.12 bits per heavy atom. The lowest BCUT2D eigenvalue weighted by Gasteiger charge is -2.08. The predicted molar refractivity (Wildman–Crippen MR) is 78.5 cm³/mol. The van der Waals surface area contributed by atoms with Crippen molar-refractivity contribution in [3.05, 3.63) is 42.1 Å². The van der Waals surface area contributed by atoms with Gasteiger partial charge in [0.25, 0.3) is 0 Å². The van der Waals surface area contributed by atoms with Gasteiger partial charge in [0.2, 0.25) is 0 Å². The molecular formula is C16H25N. The molecule has 0 atom stereocenters. The number of hydrogen-bond donors (Lipinski definition) is 0. The molecule has 0 fully saturated rings. The minimum atomic E-state index is 0.563. The van der Waals surface area contributed by atoms with Crippen LogP contribution in [-0.2, 0) is 0 Å². The summed E-state index contributed by atoms with van der Waals surface area (Å²) in [5.41, 5.74) is 2.47. The van der Waals surface area contributed by atoms with Crippen LogP contribution in [0.3, 0.4) is 0 Å². The summed E-state index contributed by atoms with van der Waals surface area (Å²) in [5.74, 6) is 0.563. The summed E-state index contributed by atoms with van der Waals surface area (Å²) in [5, 5.41) is 1.28. The maximum atomic E-state index is 4.32. The molecule has 1 heteroatoms. The summed E-state index contributed by atoms with van der Waals surface area (Å²) in [7, 11) is 0. The van der Waals surface area contributed by atoms with Crippen LogP contribution >= 0.6 is 0 Å². The van der Waals surface area contributed by atoms with Crippen molar-refractivity contribution in [3.63, 3.8) is 0 Å². The van der Waals surface area contributed by atoms with E-state index in [4.69, 9.17) is 0 Å². The first-order chi connectivity index (χ1) is 8.29. The highest BCUT2D eigenvalue weighted by atomic mass is 14.6. The van der Waals surface area contributed by atoms with Gasteiger partial charge in [0.15, 0.2) is 0 Å². The largest absolute Gasteiger partial charge is 0.256 e. The lowest BCUT2D eigenvalue weighted by atomic mass is 9.98. The van der Waals surface area contributed by atoms with Crippen molar-refractivity contribution in [1.82, 2.24) is 4.98 Å². The van der Waals surface area contributed by atoms with Crippen LogP contribution in [0, 0.1) is 0 Å². The summed E-state index contributed by atoms with van der Waals surface area (Å²) < 4.78 is 0. The molecule has 0 unspecified atom stereocenters. The van der Waals surface area contributed by atoms with Crippen molar-refractivity contribution in [2.75, 3.05) is 0 Å². The number of aromatic nitrogens is 1. The summed E-state index contributed by atoms with van der Waals surface area (Å²) in [6, 6.07) is 10.4. The lowest BCUT2D eigenvalue weighted by Crippen LogP contribution is -1.89. The third kappa shape index (κ3) is 4.18. The third-order valence-electron chi connectivity index (χ3n) is 2.30. The summed E-state index contributed by atoms with van der Waals surface area (Å²) in [6.07, 6.45) is 1.84. The molecule has 2 rings (SSSR count). The van der Waals surface area contributed by atoms with Crippen molar-refractivity contribution < 1.29 is 0 Å². The summed E-state index contributed by atoms with van der Waals surface area (Å²) in [6.45, 7) is 12.4. The van der Waals surface area contributed by atoms with E-state index in [1.54, 1.807) is 0 Å². The first kappa shape index (κ1) is 15.6. The Balaban J connectivity index is 0.000000581. The van der Waals surface area contributed by atoms with Gasteiger partial charge in [-0.05, 0) is 23.6 Å². The van der Waals surface area contributed by atoms with Crippen LogP contribution in [0.5, 0.6) is 0 Å². The molecule has 0 radical (unpaired) electrons. The second-order valence-electron chi connectivity index (χ2n) is 3.57. The Morgan fingerprint density at radius 1 is 0.882 bits per heavy atom. The Hall–Kier alpha value is -1.37. The molecule has 0 aliphatic heterocycles. The van der Waals surface area contributed by atoms with Gasteiger partial charge in [0.1, 0.15) is 0 Å². The molecule has 17 heavy (non-hydrogen) atoms. The van der Waals surface area contributed by atoms with Crippen molar-refractivity contribution in [3.8, 4) is 0 Å². The maximum absolute atomic E-state index is 4.32. The fourth-order valence-electron chi connectivity index (χ4n) is 1.63. The topological polar surface area (TPSA) is 12.9 Å². The third-order valence-corrected chi connectivity index (χ3v) is 2.30. The van der Waals surface area contributed by atoms with Crippen LogP contribution in [0.1, 0.15) is 53.0 Å². The van der Waals surface area contributed by atoms with E-state index in [9.17, 15) is 0 Å². The second kappa shape index (κ2) is 8.74. The highest BCUT2D eigenvalue weighted by molar-refractivity contribution is 5.82. The number of rotatable bonds is 1. The van der Waals surface area contributed by atoms with Gasteiger partial charge in [-0.25, -0.2) is 0 Å². The molecule has 94 valence electrons. The Morgan fingerprint density at radius 2 is 1.53 bits per heavy atom. The highest BCUT2D eigenvalue weighted by Crippen LogP contribution is 2.23. The molecule has 0 aliphatic carbocycles. The molecule has 1 aromatic heterocycles. The molecule has 0 spiro atoms. The van der Waals surface area contributed by atoms with Crippen LogP contribution < -0.4 is 0 Å². The van der Waals surface area contributed by atoms with E-state index in [1.807, 2.05) is 40.0 Å². The quantitative estimate of drug-likeness (QED) is 0.639. The average molecular weight is 231 g/mol. The highest BCUT2D eigenvalue weighted by Gasteiger charge is 2.03. The van der Waals surface area contributed by atoms with Crippen molar-refractivity contribution in [2.24, 2.45) is 0 Å². The van der Waals surface area contributed by atoms with Gasteiger partial charge in [0, 0.05) is 11.6 Å². The van der Waals surface area contributed by atoms with E-state index >= 15 is 0 Å². The van der Waals surface area contributed by atoms with Crippen LogP contribution in [0.2, 0.25) is 0 Å². The van der Waals surface area contributed by atoms with Crippen molar-refractivity contribution in [2.45, 2.75) is 47.5 Å². The zero-order chi connectivity index (χ0) is 13.3. The van der Waals surface area contributed by atoms with E-state index in [-0.39, 0.29) is 0 Å². The Kier molecular flexibility index (Phi) is 8.04. The fraction of sp³-hybridized carbons (Fsp3) is 0.438. The molecule has 0 bridgehead atoms. The number of pyridine rings is 1. The van der Waals surface area contributed by atoms with Gasteiger partial charge in [-0.15, -0.1) is 0 Å². The molecule has 0 saturated heterocycles. The molecule has 0 amide bonds. The van der Waals surface area contributed by atoms with E-state index < -0.39 is 0 Å². The minimum absolute atomic E-state index is 0.563. The fourth-order valence-corrected chi connectivity index (χ4v) is 1.63. The van der Waals surface area contributed by atoms with Crippen LogP contribution in [-0.4, -0.2) is 4.98 Å². The first-order valence-electron chi connectivity index (χ1n) is 6.62. The molecular weight excluding hydrogens is 206 g/mol. The second-order valence-corrected chi connectivity index (χ2v) is 3.57. The van der Waals surface area contributed by atoms with Gasteiger partial charge in [-0.2, -0.15) is 0 Å². The summed E-state index contributed by atoms with van der Waals surface area (Å²) >= 11 is 0. The van der Waals surface area contributed by atoms with Crippen molar-refractivity contribution >= 4 is 10.9 Å². The Labute approximate surface area is 106 Å². The number of nitrogens with zero attached hydrogens (tertiary/aromatic N) is 1. The standard InChI is InChI=1S/C12H13N.2C2H6/c1-9(2)10-5-3-7-12-11(10)6-4-8-13-12;2*1-2/h3-9H,1-2H3;2*1-2H3. The molecule has 0 N–H and O–H groups in total. The molecule has 0 saturated carbocycles. The molecule has 0 aliphatic rings. The monoisotopic (exact) mass is 231 g/mol. The van der Waals surface area contributed by atoms with Gasteiger partial charge in [0.05, 0.1) is 5.52 Å². The van der Waals surface area contributed by atoms with Gasteiger partial charge < -0.3 is 0 Å². The first-order valence-corrected chi connectivity index (χ1v) is 6.62. The van der Waals surface area contributed by atoms with E-state index in [0.29, 0.717) is 5.92 Å². The van der Waals surface area contributed by atoms with Gasteiger partial charge in [-0.1, -0.05) is 59.7 Å². The number of hydrogen-bond acceptors (Lipinski definition) is 1. The zero-order valence-electron chi connectivity index (χ0n) is 12.0. The smallest absolute Gasteiger partial charge is 0.0704 e. The molecule has 1 heterocycles. The predicted octanol–water partition coefficient (Wildman–Crippen LogP) is 5.41. The number of fused-ring (bicyclic) bond motifs is 1. The van der Waals surface area contributed by atoms with E-state index in [1.165, 1.54) is 10.9 Å². The van der Waals surface area contributed by atoms with Crippen LogP contribution in [0.25, 0.3) is 10.9 Å². The Bertz CT molecular complexity index is 413.